The molecule has 3 heteroatoms. The number of pyridine rings is 1. The minimum absolute atomic E-state index is 0.139. The Balaban J connectivity index is 1.65. The second kappa shape index (κ2) is 7.61. The number of carbonyl (C=O) groups excluding carboxylic acids is 1. The molecule has 1 fully saturated rings. The molecule has 138 valence electrons. The Hall–Kier alpha value is -2.16. The van der Waals surface area contributed by atoms with Crippen molar-refractivity contribution in [3.8, 4) is 5.75 Å². The van der Waals surface area contributed by atoms with Crippen LogP contribution in [0.4, 0.5) is 0 Å². The van der Waals surface area contributed by atoms with Crippen molar-refractivity contribution in [1.82, 2.24) is 4.98 Å². The molecule has 0 unspecified atom stereocenters. The van der Waals surface area contributed by atoms with Crippen LogP contribution in [0.5, 0.6) is 5.75 Å². The van der Waals surface area contributed by atoms with E-state index in [-0.39, 0.29) is 11.3 Å². The molecule has 0 aliphatic heterocycles. The normalized spacial score (nSPS) is 15.5. The van der Waals surface area contributed by atoms with Crippen LogP contribution in [0.15, 0.2) is 42.6 Å². The van der Waals surface area contributed by atoms with Crippen molar-refractivity contribution in [2.45, 2.75) is 57.8 Å². The first-order chi connectivity index (χ1) is 12.4. The number of ether oxygens (including phenoxy) is 1. The maximum atomic E-state index is 12.7. The van der Waals surface area contributed by atoms with Gasteiger partial charge < -0.3 is 4.74 Å². The van der Waals surface area contributed by atoms with Crippen molar-refractivity contribution in [3.63, 3.8) is 0 Å². The van der Waals surface area contributed by atoms with Crippen molar-refractivity contribution >= 4 is 5.78 Å². The van der Waals surface area contributed by atoms with E-state index < -0.39 is 0 Å². The molecule has 0 amide bonds. The van der Waals surface area contributed by atoms with Crippen LogP contribution < -0.4 is 4.74 Å². The number of aromatic nitrogens is 1. The van der Waals surface area contributed by atoms with Gasteiger partial charge in [0, 0.05) is 24.5 Å². The SMILES string of the molecule is COc1ccc([C@H](CC(=O)Cc2ccc(C(C)(C)C)cc2)C2CC2)nc1. The van der Waals surface area contributed by atoms with Crippen LogP contribution in [0.1, 0.15) is 62.8 Å². The Kier molecular flexibility index (Phi) is 5.45. The first-order valence-corrected chi connectivity index (χ1v) is 9.48. The van der Waals surface area contributed by atoms with E-state index in [1.807, 2.05) is 12.1 Å². The number of nitrogens with zero attached hydrogens (tertiary/aromatic N) is 1. The van der Waals surface area contributed by atoms with Crippen molar-refractivity contribution in [2.24, 2.45) is 5.92 Å². The summed E-state index contributed by atoms with van der Waals surface area (Å²) in [5.74, 6) is 1.89. The zero-order valence-corrected chi connectivity index (χ0v) is 16.3. The molecular formula is C23H29NO2. The molecule has 3 nitrogen and oxygen atoms in total. The minimum atomic E-state index is 0.139. The average molecular weight is 351 g/mol. The van der Waals surface area contributed by atoms with Gasteiger partial charge in [-0.1, -0.05) is 45.0 Å². The number of benzene rings is 1. The van der Waals surface area contributed by atoms with E-state index >= 15 is 0 Å². The first-order valence-electron chi connectivity index (χ1n) is 9.48. The lowest BCUT2D eigenvalue weighted by Crippen LogP contribution is -2.13. The van der Waals surface area contributed by atoms with E-state index in [1.165, 1.54) is 18.4 Å². The summed E-state index contributed by atoms with van der Waals surface area (Å²) >= 11 is 0. The number of ketones is 1. The number of hydrogen-bond acceptors (Lipinski definition) is 3. The van der Waals surface area contributed by atoms with Gasteiger partial charge in [-0.2, -0.15) is 0 Å². The summed E-state index contributed by atoms with van der Waals surface area (Å²) < 4.78 is 5.19. The predicted molar refractivity (Wildman–Crippen MR) is 105 cm³/mol. The molecule has 1 heterocycles. The number of carbonyl (C=O) groups is 1. The van der Waals surface area contributed by atoms with Crippen molar-refractivity contribution < 1.29 is 9.53 Å². The van der Waals surface area contributed by atoms with E-state index in [0.29, 0.717) is 24.5 Å². The van der Waals surface area contributed by atoms with E-state index in [9.17, 15) is 4.79 Å². The Bertz CT molecular complexity index is 737. The summed E-state index contributed by atoms with van der Waals surface area (Å²) in [6.07, 6.45) is 5.23. The zero-order chi connectivity index (χ0) is 18.7. The highest BCUT2D eigenvalue weighted by Gasteiger charge is 2.34. The summed E-state index contributed by atoms with van der Waals surface area (Å²) in [5.41, 5.74) is 3.55. The highest BCUT2D eigenvalue weighted by Crippen LogP contribution is 2.44. The summed E-state index contributed by atoms with van der Waals surface area (Å²) in [7, 11) is 1.64. The van der Waals surface area contributed by atoms with Crippen LogP contribution in [0.3, 0.4) is 0 Å². The third kappa shape index (κ3) is 4.72. The van der Waals surface area contributed by atoms with Gasteiger partial charge in [-0.05, 0) is 47.4 Å². The van der Waals surface area contributed by atoms with E-state index in [1.54, 1.807) is 13.3 Å². The van der Waals surface area contributed by atoms with Crippen molar-refractivity contribution in [1.29, 1.82) is 0 Å². The van der Waals surface area contributed by atoms with Crippen LogP contribution in [0.2, 0.25) is 0 Å². The third-order valence-electron chi connectivity index (χ3n) is 5.23. The fourth-order valence-corrected chi connectivity index (χ4v) is 3.41. The highest BCUT2D eigenvalue weighted by atomic mass is 16.5. The first kappa shape index (κ1) is 18.6. The smallest absolute Gasteiger partial charge is 0.137 e. The fraction of sp³-hybridized carbons (Fsp3) is 0.478. The lowest BCUT2D eigenvalue weighted by atomic mass is 9.86. The molecule has 1 atom stereocenters. The second-order valence-corrected chi connectivity index (χ2v) is 8.43. The van der Waals surface area contributed by atoms with Crippen molar-refractivity contribution in [2.75, 3.05) is 7.11 Å². The maximum absolute atomic E-state index is 12.7. The molecule has 1 aliphatic rings. The molecule has 3 rings (SSSR count). The predicted octanol–water partition coefficient (Wildman–Crippen LogP) is 5.08. The van der Waals surface area contributed by atoms with Gasteiger partial charge >= 0.3 is 0 Å². The Morgan fingerprint density at radius 2 is 1.85 bits per heavy atom. The molecule has 1 aromatic heterocycles. The lowest BCUT2D eigenvalue weighted by Gasteiger charge is -2.19. The van der Waals surface area contributed by atoms with Crippen molar-refractivity contribution in [3.05, 3.63) is 59.4 Å². The minimum Gasteiger partial charge on any atom is -0.495 e. The summed E-state index contributed by atoms with van der Waals surface area (Å²) in [5, 5.41) is 0. The summed E-state index contributed by atoms with van der Waals surface area (Å²) in [6, 6.07) is 12.4. The molecule has 0 radical (unpaired) electrons. The van der Waals surface area contributed by atoms with Crippen LogP contribution in [-0.4, -0.2) is 17.9 Å². The molecular weight excluding hydrogens is 322 g/mol. The van der Waals surface area contributed by atoms with E-state index in [0.717, 1.165) is 17.0 Å². The molecule has 1 saturated carbocycles. The van der Waals surface area contributed by atoms with Gasteiger partial charge in [0.2, 0.25) is 0 Å². The van der Waals surface area contributed by atoms with Crippen LogP contribution >= 0.6 is 0 Å². The van der Waals surface area contributed by atoms with E-state index in [4.69, 9.17) is 4.74 Å². The second-order valence-electron chi connectivity index (χ2n) is 8.43. The number of methoxy groups -OCH3 is 1. The van der Waals surface area contributed by atoms with Gasteiger partial charge in [0.05, 0.1) is 13.3 Å². The molecule has 1 aromatic carbocycles. The molecule has 0 spiro atoms. The highest BCUT2D eigenvalue weighted by molar-refractivity contribution is 5.81. The molecule has 0 N–H and O–H groups in total. The van der Waals surface area contributed by atoms with Gasteiger partial charge in [0.25, 0.3) is 0 Å². The average Bonchev–Trinajstić information content (AvgIpc) is 3.44. The quantitative estimate of drug-likeness (QED) is 0.698. The van der Waals surface area contributed by atoms with Gasteiger partial charge in [0.15, 0.2) is 0 Å². The largest absolute Gasteiger partial charge is 0.495 e. The Morgan fingerprint density at radius 1 is 1.15 bits per heavy atom. The van der Waals surface area contributed by atoms with Crippen LogP contribution in [-0.2, 0) is 16.6 Å². The zero-order valence-electron chi connectivity index (χ0n) is 16.3. The van der Waals surface area contributed by atoms with Gasteiger partial charge in [0.1, 0.15) is 11.5 Å². The topological polar surface area (TPSA) is 39.2 Å². The van der Waals surface area contributed by atoms with Gasteiger partial charge in [-0.3, -0.25) is 9.78 Å². The Morgan fingerprint density at radius 3 is 2.35 bits per heavy atom. The standard InChI is InChI=1S/C23H29NO2/c1-23(2,3)18-9-5-16(6-10-18)13-19(25)14-21(17-7-8-17)22-12-11-20(26-4)15-24-22/h5-6,9-12,15,17,21H,7-8,13-14H2,1-4H3/t21-/m1/s1. The van der Waals surface area contributed by atoms with Crippen LogP contribution in [0, 0.1) is 5.92 Å². The number of hydrogen-bond donors (Lipinski definition) is 0. The summed E-state index contributed by atoms with van der Waals surface area (Å²) in [6.45, 7) is 6.61. The molecule has 0 bridgehead atoms. The summed E-state index contributed by atoms with van der Waals surface area (Å²) in [4.78, 5) is 17.2. The van der Waals surface area contributed by atoms with Gasteiger partial charge in [-0.25, -0.2) is 0 Å². The van der Waals surface area contributed by atoms with E-state index in [2.05, 4.69) is 50.0 Å². The molecule has 0 saturated heterocycles. The third-order valence-corrected chi connectivity index (χ3v) is 5.23. The number of rotatable bonds is 7. The van der Waals surface area contributed by atoms with Gasteiger partial charge in [-0.15, -0.1) is 0 Å². The fourth-order valence-electron chi connectivity index (χ4n) is 3.41. The monoisotopic (exact) mass is 351 g/mol. The van der Waals surface area contributed by atoms with Crippen LogP contribution in [0.25, 0.3) is 0 Å². The number of Topliss-reactive ketones (excluding diaryl/α,β-unsaturated/α-hetero) is 1. The molecule has 2 aromatic rings. The Labute approximate surface area is 156 Å². The maximum Gasteiger partial charge on any atom is 0.137 e. The molecule has 1 aliphatic carbocycles. The lowest BCUT2D eigenvalue weighted by molar-refractivity contribution is -0.118. The molecule has 26 heavy (non-hydrogen) atoms.